The number of guanidine groups is 1. The van der Waals surface area contributed by atoms with E-state index in [0.717, 1.165) is 25.6 Å². The average Bonchev–Trinajstić information content (AvgIpc) is 3.25. The van der Waals surface area contributed by atoms with Crippen molar-refractivity contribution in [3.63, 3.8) is 0 Å². The molecular formula is C25H32IN5. The van der Waals surface area contributed by atoms with Crippen LogP contribution in [0.1, 0.15) is 42.9 Å². The Labute approximate surface area is 202 Å². The summed E-state index contributed by atoms with van der Waals surface area (Å²) < 4.78 is 2.08. The topological polar surface area (TPSA) is 54.2 Å². The van der Waals surface area contributed by atoms with Gasteiger partial charge in [0.2, 0.25) is 0 Å². The van der Waals surface area contributed by atoms with Gasteiger partial charge >= 0.3 is 0 Å². The van der Waals surface area contributed by atoms with Crippen molar-refractivity contribution in [2.75, 3.05) is 13.1 Å². The number of nitrogens with one attached hydrogen (secondary N) is 2. The lowest BCUT2D eigenvalue weighted by atomic mass is 9.64. The van der Waals surface area contributed by atoms with Crippen LogP contribution in [0, 0.1) is 0 Å². The van der Waals surface area contributed by atoms with E-state index in [9.17, 15) is 0 Å². The summed E-state index contributed by atoms with van der Waals surface area (Å²) in [7, 11) is 0. The van der Waals surface area contributed by atoms with E-state index in [-0.39, 0.29) is 29.4 Å². The Bertz CT molecular complexity index is 949. The molecule has 0 atom stereocenters. The van der Waals surface area contributed by atoms with Gasteiger partial charge in [-0.05, 0) is 36.5 Å². The van der Waals surface area contributed by atoms with Gasteiger partial charge in [0, 0.05) is 37.4 Å². The number of imidazole rings is 1. The third kappa shape index (κ3) is 6.09. The molecule has 31 heavy (non-hydrogen) atoms. The van der Waals surface area contributed by atoms with Gasteiger partial charge in [-0.3, -0.25) is 0 Å². The molecule has 0 amide bonds. The predicted octanol–water partition coefficient (Wildman–Crippen LogP) is 4.73. The van der Waals surface area contributed by atoms with Crippen molar-refractivity contribution in [2.24, 2.45) is 4.99 Å². The number of hydrogen-bond donors (Lipinski definition) is 2. The molecule has 1 aliphatic carbocycles. The fraction of sp³-hybridized carbons (Fsp3) is 0.360. The highest BCUT2D eigenvalue weighted by Crippen LogP contribution is 2.43. The minimum absolute atomic E-state index is 0. The van der Waals surface area contributed by atoms with E-state index in [1.54, 1.807) is 0 Å². The van der Waals surface area contributed by atoms with E-state index in [1.807, 2.05) is 18.7 Å². The first kappa shape index (κ1) is 23.3. The molecule has 6 heteroatoms. The molecule has 1 fully saturated rings. The summed E-state index contributed by atoms with van der Waals surface area (Å²) in [4.78, 5) is 8.97. The van der Waals surface area contributed by atoms with Crippen LogP contribution in [0.5, 0.6) is 0 Å². The average molecular weight is 529 g/mol. The van der Waals surface area contributed by atoms with E-state index in [1.165, 1.54) is 36.0 Å². The van der Waals surface area contributed by atoms with Gasteiger partial charge in [-0.25, -0.2) is 9.98 Å². The highest BCUT2D eigenvalue weighted by molar-refractivity contribution is 14.0. The van der Waals surface area contributed by atoms with Crippen LogP contribution in [0.25, 0.3) is 0 Å². The summed E-state index contributed by atoms with van der Waals surface area (Å²) in [6, 6.07) is 19.5. The van der Waals surface area contributed by atoms with Crippen LogP contribution >= 0.6 is 24.0 Å². The van der Waals surface area contributed by atoms with Gasteiger partial charge in [0.25, 0.3) is 0 Å². The molecule has 0 spiro atoms. The normalized spacial score (nSPS) is 14.9. The molecule has 0 saturated heterocycles. The first-order valence-corrected chi connectivity index (χ1v) is 10.9. The lowest BCUT2D eigenvalue weighted by Gasteiger charge is -2.43. The summed E-state index contributed by atoms with van der Waals surface area (Å²) in [5.41, 5.74) is 4.15. The van der Waals surface area contributed by atoms with Crippen LogP contribution in [-0.2, 0) is 18.5 Å². The molecule has 0 aliphatic heterocycles. The second-order valence-corrected chi connectivity index (χ2v) is 8.10. The number of nitrogens with zero attached hydrogens (tertiary/aromatic N) is 3. The van der Waals surface area contributed by atoms with Crippen molar-refractivity contribution in [2.45, 2.75) is 44.7 Å². The van der Waals surface area contributed by atoms with Gasteiger partial charge in [-0.15, -0.1) is 24.0 Å². The van der Waals surface area contributed by atoms with Gasteiger partial charge < -0.3 is 15.2 Å². The van der Waals surface area contributed by atoms with Gasteiger partial charge in [0.05, 0.1) is 12.9 Å². The monoisotopic (exact) mass is 529 g/mol. The third-order valence-electron chi connectivity index (χ3n) is 5.97. The predicted molar refractivity (Wildman–Crippen MR) is 138 cm³/mol. The van der Waals surface area contributed by atoms with Gasteiger partial charge in [0.1, 0.15) is 0 Å². The second kappa shape index (κ2) is 11.3. The molecule has 2 aromatic carbocycles. The van der Waals surface area contributed by atoms with Crippen LogP contribution in [-0.4, -0.2) is 28.6 Å². The van der Waals surface area contributed by atoms with Crippen molar-refractivity contribution < 1.29 is 0 Å². The second-order valence-electron chi connectivity index (χ2n) is 8.10. The Kier molecular flexibility index (Phi) is 8.51. The molecule has 0 radical (unpaired) electrons. The van der Waals surface area contributed by atoms with Crippen molar-refractivity contribution in [3.8, 4) is 0 Å². The Balaban J connectivity index is 0.00000272. The molecule has 2 N–H and O–H groups in total. The zero-order valence-corrected chi connectivity index (χ0v) is 20.5. The first-order chi connectivity index (χ1) is 14.8. The molecule has 4 rings (SSSR count). The molecule has 0 unspecified atom stereocenters. The molecular weight excluding hydrogens is 497 g/mol. The van der Waals surface area contributed by atoms with Crippen LogP contribution in [0.15, 0.2) is 78.3 Å². The van der Waals surface area contributed by atoms with Crippen LogP contribution in [0.2, 0.25) is 0 Å². The summed E-state index contributed by atoms with van der Waals surface area (Å²) in [6.07, 6.45) is 9.42. The molecule has 3 aromatic rings. The Morgan fingerprint density at radius 2 is 1.87 bits per heavy atom. The number of aliphatic imine (C=N–C) groups is 1. The summed E-state index contributed by atoms with van der Waals surface area (Å²) in [5, 5.41) is 7.01. The van der Waals surface area contributed by atoms with Crippen LogP contribution in [0.4, 0.5) is 0 Å². The van der Waals surface area contributed by atoms with Crippen molar-refractivity contribution in [1.82, 2.24) is 20.2 Å². The van der Waals surface area contributed by atoms with E-state index >= 15 is 0 Å². The number of aromatic nitrogens is 2. The van der Waals surface area contributed by atoms with Gasteiger partial charge in [-0.2, -0.15) is 0 Å². The molecule has 5 nitrogen and oxygen atoms in total. The van der Waals surface area contributed by atoms with Crippen molar-refractivity contribution >= 4 is 29.9 Å². The lowest BCUT2D eigenvalue weighted by Crippen LogP contribution is -2.48. The number of rotatable bonds is 8. The number of hydrogen-bond acceptors (Lipinski definition) is 2. The highest BCUT2D eigenvalue weighted by atomic mass is 127. The quantitative estimate of drug-likeness (QED) is 0.252. The van der Waals surface area contributed by atoms with Crippen LogP contribution < -0.4 is 10.6 Å². The highest BCUT2D eigenvalue weighted by Gasteiger charge is 2.38. The molecule has 1 aromatic heterocycles. The van der Waals surface area contributed by atoms with Crippen molar-refractivity contribution in [1.29, 1.82) is 0 Å². The number of benzene rings is 2. The van der Waals surface area contributed by atoms with Gasteiger partial charge in [0.15, 0.2) is 5.96 Å². The largest absolute Gasteiger partial charge is 0.357 e. The van der Waals surface area contributed by atoms with Crippen molar-refractivity contribution in [3.05, 3.63) is 90.0 Å². The smallest absolute Gasteiger partial charge is 0.191 e. The van der Waals surface area contributed by atoms with Crippen LogP contribution in [0.3, 0.4) is 0 Å². The molecule has 1 saturated carbocycles. The molecule has 1 heterocycles. The van der Waals surface area contributed by atoms with E-state index < -0.39 is 0 Å². The van der Waals surface area contributed by atoms with Gasteiger partial charge in [-0.1, -0.05) is 61.0 Å². The minimum Gasteiger partial charge on any atom is -0.357 e. The maximum absolute atomic E-state index is 4.85. The van der Waals surface area contributed by atoms with E-state index in [2.05, 4.69) is 81.7 Å². The van der Waals surface area contributed by atoms with E-state index in [0.29, 0.717) is 6.54 Å². The zero-order valence-electron chi connectivity index (χ0n) is 18.1. The fourth-order valence-electron chi connectivity index (χ4n) is 4.15. The Hall–Kier alpha value is -2.35. The van der Waals surface area contributed by atoms with E-state index in [4.69, 9.17) is 4.99 Å². The minimum atomic E-state index is 0. The third-order valence-corrected chi connectivity index (χ3v) is 5.97. The molecule has 1 aliphatic rings. The maximum atomic E-state index is 4.85. The SMILES string of the molecule is CCNC(=NCc1cccc(Cn2ccnc2)c1)NCC1(c2ccccc2)CCC1.I. The molecule has 0 bridgehead atoms. The Morgan fingerprint density at radius 1 is 1.06 bits per heavy atom. The first-order valence-electron chi connectivity index (χ1n) is 10.9. The summed E-state index contributed by atoms with van der Waals surface area (Å²) >= 11 is 0. The lowest BCUT2D eigenvalue weighted by molar-refractivity contribution is 0.244. The maximum Gasteiger partial charge on any atom is 0.191 e. The zero-order chi connectivity index (χ0) is 20.7. The standard InChI is InChI=1S/C25H31N5.HI/c1-2-27-24(29-19-25(12-7-13-25)23-10-4-3-5-11-23)28-17-21-8-6-9-22(16-21)18-30-15-14-26-20-30;/h3-6,8-11,14-16,20H,2,7,12-13,17-19H2,1H3,(H2,27,28,29);1H. The summed E-state index contributed by atoms with van der Waals surface area (Å²) in [5.74, 6) is 0.889. The summed E-state index contributed by atoms with van der Waals surface area (Å²) in [6.45, 7) is 5.37. The molecule has 164 valence electrons. The fourth-order valence-corrected chi connectivity index (χ4v) is 4.15. The number of halogens is 1. The Morgan fingerprint density at radius 3 is 2.55 bits per heavy atom.